The molecule has 1 aliphatic heterocycles. The highest BCUT2D eigenvalue weighted by molar-refractivity contribution is 5.91. The van der Waals surface area contributed by atoms with Gasteiger partial charge < -0.3 is 23.8 Å². The summed E-state index contributed by atoms with van der Waals surface area (Å²) in [6.07, 6.45) is 3.30. The number of hydrogen-bond acceptors (Lipinski definition) is 5. The number of nitrogens with zero attached hydrogens (tertiary/aromatic N) is 1. The second-order valence-corrected chi connectivity index (χ2v) is 6.12. The maximum atomic E-state index is 12.4. The van der Waals surface area contributed by atoms with Crippen molar-refractivity contribution in [2.75, 3.05) is 34.5 Å². The molecule has 0 bridgehead atoms. The average molecular weight is 369 g/mol. The van der Waals surface area contributed by atoms with Crippen LogP contribution in [0.4, 0.5) is 0 Å². The van der Waals surface area contributed by atoms with Crippen LogP contribution < -0.4 is 18.9 Å². The lowest BCUT2D eigenvalue weighted by molar-refractivity contribution is -0.125. The van der Waals surface area contributed by atoms with Crippen LogP contribution in [0, 0.1) is 0 Å². The van der Waals surface area contributed by atoms with Crippen LogP contribution in [0.25, 0.3) is 6.08 Å². The molecule has 27 heavy (non-hydrogen) atoms. The van der Waals surface area contributed by atoms with E-state index >= 15 is 0 Å². The maximum absolute atomic E-state index is 12.4. The van der Waals surface area contributed by atoms with Crippen molar-refractivity contribution in [3.8, 4) is 23.0 Å². The molecular weight excluding hydrogens is 346 g/mol. The first kappa shape index (κ1) is 18.6. The van der Waals surface area contributed by atoms with Gasteiger partial charge in [0, 0.05) is 19.7 Å². The fraction of sp³-hybridized carbons (Fsp3) is 0.286. The minimum Gasteiger partial charge on any atom is -0.493 e. The Balaban J connectivity index is 1.64. The molecule has 0 atom stereocenters. The average Bonchev–Trinajstić information content (AvgIpc) is 2.71. The zero-order valence-corrected chi connectivity index (χ0v) is 15.7. The van der Waals surface area contributed by atoms with E-state index in [4.69, 9.17) is 18.9 Å². The molecule has 0 radical (unpaired) electrons. The Kier molecular flexibility index (Phi) is 5.86. The van der Waals surface area contributed by atoms with Crippen molar-refractivity contribution in [3.63, 3.8) is 0 Å². The van der Waals surface area contributed by atoms with Crippen molar-refractivity contribution < 1.29 is 23.7 Å². The fourth-order valence-electron chi connectivity index (χ4n) is 2.79. The van der Waals surface area contributed by atoms with Crippen molar-refractivity contribution in [3.05, 3.63) is 53.6 Å². The number of rotatable bonds is 6. The minimum atomic E-state index is -0.0975. The molecule has 0 aromatic heterocycles. The number of amides is 1. The topological polar surface area (TPSA) is 57.2 Å². The molecule has 0 saturated heterocycles. The van der Waals surface area contributed by atoms with Crippen LogP contribution in [-0.2, 0) is 11.3 Å². The Labute approximate surface area is 158 Å². The van der Waals surface area contributed by atoms with E-state index < -0.39 is 0 Å². The normalized spacial score (nSPS) is 12.7. The van der Waals surface area contributed by atoms with Gasteiger partial charge in [0.2, 0.25) is 5.91 Å². The van der Waals surface area contributed by atoms with Crippen molar-refractivity contribution in [1.82, 2.24) is 4.90 Å². The van der Waals surface area contributed by atoms with Crippen molar-refractivity contribution in [2.24, 2.45) is 0 Å². The summed E-state index contributed by atoms with van der Waals surface area (Å²) in [5.74, 6) is 2.64. The predicted molar refractivity (Wildman–Crippen MR) is 102 cm³/mol. The van der Waals surface area contributed by atoms with Gasteiger partial charge in [0.25, 0.3) is 0 Å². The summed E-state index contributed by atoms with van der Waals surface area (Å²) in [5, 5.41) is 0. The van der Waals surface area contributed by atoms with Crippen LogP contribution >= 0.6 is 0 Å². The quantitative estimate of drug-likeness (QED) is 0.732. The largest absolute Gasteiger partial charge is 0.493 e. The van der Waals surface area contributed by atoms with Gasteiger partial charge in [0.05, 0.1) is 14.2 Å². The van der Waals surface area contributed by atoms with E-state index in [1.54, 1.807) is 38.3 Å². The van der Waals surface area contributed by atoms with Crippen LogP contribution in [0.3, 0.4) is 0 Å². The summed E-state index contributed by atoms with van der Waals surface area (Å²) >= 11 is 0. The number of benzene rings is 2. The van der Waals surface area contributed by atoms with Gasteiger partial charge in [-0.05, 0) is 41.5 Å². The van der Waals surface area contributed by atoms with E-state index in [-0.39, 0.29) is 5.91 Å². The van der Waals surface area contributed by atoms with Crippen LogP contribution in [0.5, 0.6) is 23.0 Å². The molecule has 0 N–H and O–H groups in total. The second kappa shape index (κ2) is 8.49. The summed E-state index contributed by atoms with van der Waals surface area (Å²) in [6, 6.07) is 11.2. The number of hydrogen-bond donors (Lipinski definition) is 0. The molecule has 0 saturated carbocycles. The number of carbonyl (C=O) groups excluding carboxylic acids is 1. The van der Waals surface area contributed by atoms with E-state index in [9.17, 15) is 4.79 Å². The fourth-order valence-corrected chi connectivity index (χ4v) is 2.79. The molecule has 0 unspecified atom stereocenters. The lowest BCUT2D eigenvalue weighted by Crippen LogP contribution is -2.24. The highest BCUT2D eigenvalue weighted by atomic mass is 16.6. The molecule has 3 rings (SSSR count). The maximum Gasteiger partial charge on any atom is 0.246 e. The van der Waals surface area contributed by atoms with E-state index in [0.717, 1.165) is 22.6 Å². The monoisotopic (exact) mass is 369 g/mol. The SMILES string of the molecule is COc1ccc(/C=C/C(=O)N(C)Cc2ccc3c(c2)OCCO3)cc1OC. The highest BCUT2D eigenvalue weighted by Crippen LogP contribution is 2.31. The summed E-state index contributed by atoms with van der Waals surface area (Å²) < 4.78 is 21.6. The van der Waals surface area contributed by atoms with Crippen molar-refractivity contribution in [2.45, 2.75) is 6.54 Å². The van der Waals surface area contributed by atoms with Gasteiger partial charge in [0.1, 0.15) is 13.2 Å². The van der Waals surface area contributed by atoms with Crippen LogP contribution in [-0.4, -0.2) is 45.3 Å². The molecule has 6 heteroatoms. The molecule has 142 valence electrons. The second-order valence-electron chi connectivity index (χ2n) is 6.12. The van der Waals surface area contributed by atoms with Crippen LogP contribution in [0.15, 0.2) is 42.5 Å². The molecule has 1 aliphatic rings. The van der Waals surface area contributed by atoms with E-state index in [2.05, 4.69) is 0 Å². The molecule has 2 aromatic rings. The molecular formula is C21H23NO5. The van der Waals surface area contributed by atoms with Crippen molar-refractivity contribution in [1.29, 1.82) is 0 Å². The van der Waals surface area contributed by atoms with Gasteiger partial charge >= 0.3 is 0 Å². The zero-order chi connectivity index (χ0) is 19.2. The van der Waals surface area contributed by atoms with Gasteiger partial charge in [0.15, 0.2) is 23.0 Å². The minimum absolute atomic E-state index is 0.0975. The summed E-state index contributed by atoms with van der Waals surface area (Å²) in [4.78, 5) is 14.1. The van der Waals surface area contributed by atoms with Gasteiger partial charge in [-0.1, -0.05) is 12.1 Å². The number of fused-ring (bicyclic) bond motifs is 1. The molecule has 1 amide bonds. The third-order valence-electron chi connectivity index (χ3n) is 4.23. The number of likely N-dealkylation sites (N-methyl/N-ethyl adjacent to an activating group) is 1. The third kappa shape index (κ3) is 4.53. The standard InChI is InChI=1S/C21H23NO5/c1-22(14-16-5-8-18-20(13-16)27-11-10-26-18)21(23)9-6-15-4-7-17(24-2)19(12-15)25-3/h4-9,12-13H,10-11,14H2,1-3H3/b9-6+. The van der Waals surface area contributed by atoms with Gasteiger partial charge in [-0.2, -0.15) is 0 Å². The number of methoxy groups -OCH3 is 2. The third-order valence-corrected chi connectivity index (χ3v) is 4.23. The molecule has 6 nitrogen and oxygen atoms in total. The lowest BCUT2D eigenvalue weighted by Gasteiger charge is -2.20. The highest BCUT2D eigenvalue weighted by Gasteiger charge is 2.13. The van der Waals surface area contributed by atoms with Gasteiger partial charge in [-0.15, -0.1) is 0 Å². The van der Waals surface area contributed by atoms with E-state index in [1.807, 2.05) is 36.4 Å². The Bertz CT molecular complexity index is 846. The first-order valence-electron chi connectivity index (χ1n) is 8.64. The Morgan fingerprint density at radius 1 is 1.04 bits per heavy atom. The zero-order valence-electron chi connectivity index (χ0n) is 15.7. The predicted octanol–water partition coefficient (Wildman–Crippen LogP) is 3.15. The lowest BCUT2D eigenvalue weighted by atomic mass is 10.1. The van der Waals surface area contributed by atoms with Gasteiger partial charge in [-0.3, -0.25) is 4.79 Å². The number of carbonyl (C=O) groups is 1. The molecule has 0 aliphatic carbocycles. The van der Waals surface area contributed by atoms with E-state index in [1.165, 1.54) is 0 Å². The summed E-state index contributed by atoms with van der Waals surface area (Å²) in [6.45, 7) is 1.58. The molecule has 2 aromatic carbocycles. The smallest absolute Gasteiger partial charge is 0.246 e. The van der Waals surface area contributed by atoms with Gasteiger partial charge in [-0.25, -0.2) is 0 Å². The molecule has 0 fully saturated rings. The number of ether oxygens (including phenoxy) is 4. The summed E-state index contributed by atoms with van der Waals surface area (Å²) in [7, 11) is 4.93. The van der Waals surface area contributed by atoms with Crippen LogP contribution in [0.1, 0.15) is 11.1 Å². The Morgan fingerprint density at radius 3 is 2.52 bits per heavy atom. The summed E-state index contributed by atoms with van der Waals surface area (Å²) in [5.41, 5.74) is 1.84. The van der Waals surface area contributed by atoms with Crippen LogP contribution in [0.2, 0.25) is 0 Å². The first-order chi connectivity index (χ1) is 13.1. The van der Waals surface area contributed by atoms with E-state index in [0.29, 0.717) is 31.3 Å². The molecule has 0 spiro atoms. The molecule has 1 heterocycles. The van der Waals surface area contributed by atoms with Crippen molar-refractivity contribution >= 4 is 12.0 Å². The first-order valence-corrected chi connectivity index (χ1v) is 8.64. The Hall–Kier alpha value is -3.15. The Morgan fingerprint density at radius 2 is 1.78 bits per heavy atom.